The second-order valence-corrected chi connectivity index (χ2v) is 8.69. The number of carbonyl (C=O) groups excluding carboxylic acids is 3. The number of ether oxygens (including phenoxy) is 1. The van der Waals surface area contributed by atoms with Gasteiger partial charge in [0.1, 0.15) is 0 Å². The molecule has 0 spiro atoms. The largest absolute Gasteiger partial charge is 0.456 e. The molecule has 9 heteroatoms. The Balaban J connectivity index is 1.37. The van der Waals surface area contributed by atoms with Crippen LogP contribution in [0.1, 0.15) is 22.5 Å². The number of esters is 1. The molecule has 1 amide bonds. The van der Waals surface area contributed by atoms with E-state index in [9.17, 15) is 14.4 Å². The third-order valence-electron chi connectivity index (χ3n) is 4.57. The molecule has 1 aliphatic heterocycles. The topological polar surface area (TPSA) is 66.9 Å². The van der Waals surface area contributed by atoms with Crippen molar-refractivity contribution in [2.75, 3.05) is 37.7 Å². The highest BCUT2D eigenvalue weighted by Gasteiger charge is 2.22. The minimum absolute atomic E-state index is 0.0299. The standard InChI is InChI=1S/C20H20Cl2N2O4S/c21-14-2-1-3-15(12-14)23-8-10-24(11-9-23)19(26)13-28-20(27)7-4-16(25)17-5-6-18(22)29-17/h1-3,5-6,12H,4,7-11,13H2. The van der Waals surface area contributed by atoms with Gasteiger partial charge in [-0.1, -0.05) is 29.3 Å². The van der Waals surface area contributed by atoms with Crippen LogP contribution >= 0.6 is 34.5 Å². The molecule has 0 unspecified atom stereocenters. The predicted molar refractivity (Wildman–Crippen MR) is 114 cm³/mol. The number of Topliss-reactive ketones (excluding diaryl/α,β-unsaturated/α-hetero) is 1. The van der Waals surface area contributed by atoms with Crippen molar-refractivity contribution in [3.05, 3.63) is 50.6 Å². The van der Waals surface area contributed by atoms with E-state index in [1.165, 1.54) is 11.3 Å². The van der Waals surface area contributed by atoms with Crippen LogP contribution in [0.25, 0.3) is 0 Å². The van der Waals surface area contributed by atoms with E-state index in [0.29, 0.717) is 40.4 Å². The Bertz CT molecular complexity index is 894. The number of halogens is 2. The number of piperazine rings is 1. The summed E-state index contributed by atoms with van der Waals surface area (Å²) in [6.07, 6.45) is -0.0354. The van der Waals surface area contributed by atoms with Gasteiger partial charge in [-0.25, -0.2) is 0 Å². The van der Waals surface area contributed by atoms with Gasteiger partial charge >= 0.3 is 5.97 Å². The Hall–Kier alpha value is -2.09. The first kappa shape index (κ1) is 21.6. The molecule has 2 aromatic rings. The molecule has 0 atom stereocenters. The Kier molecular flexibility index (Phi) is 7.52. The predicted octanol–water partition coefficient (Wildman–Crippen LogP) is 3.91. The number of hydrogen-bond acceptors (Lipinski definition) is 6. The summed E-state index contributed by atoms with van der Waals surface area (Å²) >= 11 is 13.0. The Labute approximate surface area is 182 Å². The third kappa shape index (κ3) is 6.19. The van der Waals surface area contributed by atoms with E-state index in [4.69, 9.17) is 27.9 Å². The van der Waals surface area contributed by atoms with Gasteiger partial charge < -0.3 is 14.5 Å². The molecule has 3 rings (SSSR count). The molecule has 154 valence electrons. The van der Waals surface area contributed by atoms with Crippen LogP contribution in [-0.2, 0) is 14.3 Å². The molecule has 29 heavy (non-hydrogen) atoms. The highest BCUT2D eigenvalue weighted by molar-refractivity contribution is 7.18. The summed E-state index contributed by atoms with van der Waals surface area (Å²) in [5.41, 5.74) is 1.02. The van der Waals surface area contributed by atoms with Crippen molar-refractivity contribution in [2.24, 2.45) is 0 Å². The van der Waals surface area contributed by atoms with Crippen LogP contribution in [-0.4, -0.2) is 55.3 Å². The van der Waals surface area contributed by atoms with Crippen molar-refractivity contribution in [2.45, 2.75) is 12.8 Å². The van der Waals surface area contributed by atoms with Gasteiger partial charge in [0.25, 0.3) is 5.91 Å². The van der Waals surface area contributed by atoms with Gasteiger partial charge in [-0.15, -0.1) is 11.3 Å². The van der Waals surface area contributed by atoms with Crippen molar-refractivity contribution >= 4 is 57.9 Å². The van der Waals surface area contributed by atoms with Gasteiger partial charge in [0, 0.05) is 43.3 Å². The van der Waals surface area contributed by atoms with E-state index >= 15 is 0 Å². The number of rotatable bonds is 7. The zero-order chi connectivity index (χ0) is 20.8. The lowest BCUT2D eigenvalue weighted by molar-refractivity contribution is -0.152. The molecule has 1 saturated heterocycles. The number of thiophene rings is 1. The van der Waals surface area contributed by atoms with Gasteiger partial charge in [0.15, 0.2) is 12.4 Å². The lowest BCUT2D eigenvalue weighted by Crippen LogP contribution is -2.49. The number of hydrogen-bond donors (Lipinski definition) is 0. The highest BCUT2D eigenvalue weighted by atomic mass is 35.5. The summed E-state index contributed by atoms with van der Waals surface area (Å²) in [4.78, 5) is 40.5. The molecule has 1 fully saturated rings. The zero-order valence-electron chi connectivity index (χ0n) is 15.6. The summed E-state index contributed by atoms with van der Waals surface area (Å²) in [6, 6.07) is 10.9. The maximum atomic E-state index is 12.3. The number of benzene rings is 1. The van der Waals surface area contributed by atoms with Crippen molar-refractivity contribution in [1.82, 2.24) is 4.90 Å². The van der Waals surface area contributed by atoms with Crippen molar-refractivity contribution in [3.63, 3.8) is 0 Å². The Morgan fingerprint density at radius 2 is 1.76 bits per heavy atom. The molecule has 0 saturated carbocycles. The van der Waals surface area contributed by atoms with Crippen LogP contribution < -0.4 is 4.90 Å². The first-order valence-electron chi connectivity index (χ1n) is 9.15. The van der Waals surface area contributed by atoms with Gasteiger partial charge in [-0.3, -0.25) is 14.4 Å². The number of amides is 1. The summed E-state index contributed by atoms with van der Waals surface area (Å²) in [7, 11) is 0. The summed E-state index contributed by atoms with van der Waals surface area (Å²) in [5.74, 6) is -0.963. The minimum atomic E-state index is -0.563. The fourth-order valence-corrected chi connectivity index (χ4v) is 4.19. The Morgan fingerprint density at radius 3 is 2.41 bits per heavy atom. The van der Waals surface area contributed by atoms with Crippen molar-refractivity contribution < 1.29 is 19.1 Å². The maximum absolute atomic E-state index is 12.3. The first-order valence-corrected chi connectivity index (χ1v) is 10.7. The smallest absolute Gasteiger partial charge is 0.306 e. The number of anilines is 1. The molecule has 0 aliphatic carbocycles. The molecule has 0 radical (unpaired) electrons. The normalized spacial score (nSPS) is 14.0. The van der Waals surface area contributed by atoms with E-state index in [0.717, 1.165) is 5.69 Å². The van der Waals surface area contributed by atoms with E-state index in [1.807, 2.05) is 24.3 Å². The molecule has 6 nitrogen and oxygen atoms in total. The number of carbonyl (C=O) groups is 3. The molecule has 1 aromatic carbocycles. The summed E-state index contributed by atoms with van der Waals surface area (Å²) in [6.45, 7) is 2.13. The summed E-state index contributed by atoms with van der Waals surface area (Å²) < 4.78 is 5.56. The molecule has 0 bridgehead atoms. The average molecular weight is 455 g/mol. The lowest BCUT2D eigenvalue weighted by Gasteiger charge is -2.36. The highest BCUT2D eigenvalue weighted by Crippen LogP contribution is 2.23. The van der Waals surface area contributed by atoms with Crippen molar-refractivity contribution in [1.29, 1.82) is 0 Å². The molecular formula is C20H20Cl2N2O4S. The number of nitrogens with zero attached hydrogens (tertiary/aromatic N) is 2. The fraction of sp³-hybridized carbons (Fsp3) is 0.350. The molecule has 0 N–H and O–H groups in total. The second-order valence-electron chi connectivity index (χ2n) is 6.54. The molecule has 1 aromatic heterocycles. The van der Waals surface area contributed by atoms with Crippen LogP contribution in [0.5, 0.6) is 0 Å². The van der Waals surface area contributed by atoms with Crippen LogP contribution in [0.4, 0.5) is 5.69 Å². The third-order valence-corrected chi connectivity index (χ3v) is 6.07. The van der Waals surface area contributed by atoms with E-state index in [-0.39, 0.29) is 31.1 Å². The fourth-order valence-electron chi connectivity index (χ4n) is 3.00. The zero-order valence-corrected chi connectivity index (χ0v) is 17.9. The maximum Gasteiger partial charge on any atom is 0.306 e. The Morgan fingerprint density at radius 1 is 1.00 bits per heavy atom. The van der Waals surface area contributed by atoms with Crippen LogP contribution in [0, 0.1) is 0 Å². The summed E-state index contributed by atoms with van der Waals surface area (Å²) in [5, 5.41) is 0.675. The minimum Gasteiger partial charge on any atom is -0.456 e. The van der Waals surface area contributed by atoms with Crippen LogP contribution in [0.2, 0.25) is 9.36 Å². The lowest BCUT2D eigenvalue weighted by atomic mass is 10.2. The van der Waals surface area contributed by atoms with E-state index in [2.05, 4.69) is 4.90 Å². The SMILES string of the molecule is O=C(CCC(=O)c1ccc(Cl)s1)OCC(=O)N1CCN(c2cccc(Cl)c2)CC1. The van der Waals surface area contributed by atoms with Gasteiger partial charge in [0.2, 0.25) is 0 Å². The van der Waals surface area contributed by atoms with Crippen LogP contribution in [0.3, 0.4) is 0 Å². The van der Waals surface area contributed by atoms with E-state index in [1.54, 1.807) is 17.0 Å². The van der Waals surface area contributed by atoms with Gasteiger partial charge in [0.05, 0.1) is 15.6 Å². The average Bonchev–Trinajstić information content (AvgIpc) is 3.16. The van der Waals surface area contributed by atoms with E-state index < -0.39 is 5.97 Å². The monoisotopic (exact) mass is 454 g/mol. The van der Waals surface area contributed by atoms with Crippen molar-refractivity contribution in [3.8, 4) is 0 Å². The van der Waals surface area contributed by atoms with Crippen LogP contribution in [0.15, 0.2) is 36.4 Å². The second kappa shape index (κ2) is 10.1. The van der Waals surface area contributed by atoms with Gasteiger partial charge in [-0.2, -0.15) is 0 Å². The first-order chi connectivity index (χ1) is 13.9. The molecule has 1 aliphatic rings. The quantitative estimate of drug-likeness (QED) is 0.468. The number of ketones is 1. The molecular weight excluding hydrogens is 435 g/mol. The molecule has 2 heterocycles. The van der Waals surface area contributed by atoms with Gasteiger partial charge in [-0.05, 0) is 30.3 Å².